The van der Waals surface area contributed by atoms with Gasteiger partial charge in [-0.1, -0.05) is 45.0 Å². The number of carbonyl (C=O) groups is 2. The van der Waals surface area contributed by atoms with E-state index in [1.807, 2.05) is 62.4 Å². The van der Waals surface area contributed by atoms with Crippen molar-refractivity contribution < 1.29 is 19.1 Å². The number of nitrogens with one attached hydrogen (secondary N) is 1. The summed E-state index contributed by atoms with van der Waals surface area (Å²) in [6.45, 7) is 10.1. The first kappa shape index (κ1) is 25.2. The van der Waals surface area contributed by atoms with E-state index in [2.05, 4.69) is 19.2 Å². The molecular formula is C26H36N2O4. The molecule has 0 unspecified atom stereocenters. The second-order valence-electron chi connectivity index (χ2n) is 8.38. The molecule has 0 fully saturated rings. The average molecular weight is 441 g/mol. The number of hydrogen-bond acceptors (Lipinski definition) is 4. The second-order valence-corrected chi connectivity index (χ2v) is 8.38. The van der Waals surface area contributed by atoms with Gasteiger partial charge in [0.15, 0.2) is 6.61 Å². The van der Waals surface area contributed by atoms with Gasteiger partial charge >= 0.3 is 0 Å². The molecule has 32 heavy (non-hydrogen) atoms. The molecule has 1 N–H and O–H groups in total. The van der Waals surface area contributed by atoms with E-state index in [1.165, 1.54) is 5.56 Å². The van der Waals surface area contributed by atoms with E-state index in [0.717, 1.165) is 12.0 Å². The lowest BCUT2D eigenvalue weighted by Gasteiger charge is -2.29. The fourth-order valence-corrected chi connectivity index (χ4v) is 3.19. The monoisotopic (exact) mass is 440 g/mol. The van der Waals surface area contributed by atoms with Gasteiger partial charge in [-0.2, -0.15) is 0 Å². The van der Waals surface area contributed by atoms with Crippen LogP contribution in [0.25, 0.3) is 0 Å². The summed E-state index contributed by atoms with van der Waals surface area (Å²) in [7, 11) is 1.60. The van der Waals surface area contributed by atoms with Crippen LogP contribution < -0.4 is 14.8 Å². The normalized spacial score (nSPS) is 12.7. The molecule has 0 aromatic heterocycles. The first-order valence-corrected chi connectivity index (χ1v) is 11.2. The lowest BCUT2D eigenvalue weighted by Crippen LogP contribution is -2.50. The van der Waals surface area contributed by atoms with Gasteiger partial charge in [0.1, 0.15) is 17.5 Å². The molecule has 6 heteroatoms. The SMILES string of the molecule is CC[C@H](C)NC(=O)[C@@H](C)N(Cc1cccc(OC)c1)C(=O)COc1ccc(C(C)C)cc1. The van der Waals surface area contributed by atoms with Crippen molar-refractivity contribution in [1.29, 1.82) is 0 Å². The Morgan fingerprint density at radius 3 is 2.28 bits per heavy atom. The zero-order valence-corrected chi connectivity index (χ0v) is 20.1. The zero-order chi connectivity index (χ0) is 23.7. The molecule has 0 aliphatic carbocycles. The minimum atomic E-state index is -0.644. The molecular weight excluding hydrogens is 404 g/mol. The van der Waals surface area contributed by atoms with Gasteiger partial charge in [-0.05, 0) is 61.6 Å². The van der Waals surface area contributed by atoms with Gasteiger partial charge in [0.05, 0.1) is 7.11 Å². The fraction of sp³-hybridized carbons (Fsp3) is 0.462. The number of benzene rings is 2. The maximum Gasteiger partial charge on any atom is 0.261 e. The lowest BCUT2D eigenvalue weighted by atomic mass is 10.0. The van der Waals surface area contributed by atoms with Crippen molar-refractivity contribution in [2.45, 2.75) is 65.6 Å². The predicted octanol–water partition coefficient (Wildman–Crippen LogP) is 4.53. The summed E-state index contributed by atoms with van der Waals surface area (Å²) in [5.74, 6) is 1.31. The van der Waals surface area contributed by atoms with Crippen LogP contribution in [0.3, 0.4) is 0 Å². The maximum absolute atomic E-state index is 13.1. The van der Waals surface area contributed by atoms with Crippen LogP contribution in [0, 0.1) is 0 Å². The van der Waals surface area contributed by atoms with Crippen LogP contribution in [-0.4, -0.2) is 42.5 Å². The molecule has 0 aliphatic rings. The van der Waals surface area contributed by atoms with Crippen molar-refractivity contribution in [1.82, 2.24) is 10.2 Å². The third-order valence-corrected chi connectivity index (χ3v) is 5.56. The molecule has 0 bridgehead atoms. The molecule has 0 saturated carbocycles. The number of methoxy groups -OCH3 is 1. The minimum Gasteiger partial charge on any atom is -0.497 e. The number of carbonyl (C=O) groups excluding carboxylic acids is 2. The Morgan fingerprint density at radius 1 is 1.00 bits per heavy atom. The first-order chi connectivity index (χ1) is 15.2. The quantitative estimate of drug-likeness (QED) is 0.557. The molecule has 174 valence electrons. The Morgan fingerprint density at radius 2 is 1.69 bits per heavy atom. The number of hydrogen-bond donors (Lipinski definition) is 1. The van der Waals surface area contributed by atoms with Crippen molar-refractivity contribution in [2.24, 2.45) is 0 Å². The topological polar surface area (TPSA) is 67.9 Å². The molecule has 0 saturated heterocycles. The van der Waals surface area contributed by atoms with Gasteiger partial charge in [0.2, 0.25) is 5.91 Å². The standard InChI is InChI=1S/C26H36N2O4/c1-7-19(4)27-26(30)20(5)28(16-21-9-8-10-24(15-21)31-6)25(29)17-32-23-13-11-22(12-14-23)18(2)3/h8-15,18-20H,7,16-17H2,1-6H3,(H,27,30)/t19-,20+/m0/s1. The molecule has 2 aromatic rings. The van der Waals surface area contributed by atoms with Crippen molar-refractivity contribution in [3.8, 4) is 11.5 Å². The average Bonchev–Trinajstić information content (AvgIpc) is 2.80. The molecule has 0 aliphatic heterocycles. The van der Waals surface area contributed by atoms with Crippen LogP contribution in [0.5, 0.6) is 11.5 Å². The van der Waals surface area contributed by atoms with E-state index in [0.29, 0.717) is 17.4 Å². The highest BCUT2D eigenvalue weighted by Gasteiger charge is 2.27. The van der Waals surface area contributed by atoms with Gasteiger partial charge in [-0.15, -0.1) is 0 Å². The highest BCUT2D eigenvalue weighted by Crippen LogP contribution is 2.20. The molecule has 2 aromatic carbocycles. The molecule has 2 atom stereocenters. The van der Waals surface area contributed by atoms with Gasteiger partial charge < -0.3 is 19.7 Å². The summed E-state index contributed by atoms with van der Waals surface area (Å²) in [5, 5.41) is 2.97. The van der Waals surface area contributed by atoms with E-state index in [4.69, 9.17) is 9.47 Å². The summed E-state index contributed by atoms with van der Waals surface area (Å²) in [6, 6.07) is 14.6. The molecule has 2 rings (SSSR count). The van der Waals surface area contributed by atoms with Crippen LogP contribution >= 0.6 is 0 Å². The Hall–Kier alpha value is -3.02. The van der Waals surface area contributed by atoms with Crippen molar-refractivity contribution in [3.05, 3.63) is 59.7 Å². The fourth-order valence-electron chi connectivity index (χ4n) is 3.19. The third-order valence-electron chi connectivity index (χ3n) is 5.56. The largest absolute Gasteiger partial charge is 0.497 e. The van der Waals surface area contributed by atoms with Crippen LogP contribution in [-0.2, 0) is 16.1 Å². The summed E-state index contributed by atoms with van der Waals surface area (Å²) in [5.41, 5.74) is 2.08. The van der Waals surface area contributed by atoms with Crippen LogP contribution in [0.15, 0.2) is 48.5 Å². The lowest BCUT2D eigenvalue weighted by molar-refractivity contribution is -0.142. The van der Waals surface area contributed by atoms with Gasteiger partial charge in [0.25, 0.3) is 5.91 Å². The van der Waals surface area contributed by atoms with Crippen molar-refractivity contribution >= 4 is 11.8 Å². The predicted molar refractivity (Wildman–Crippen MR) is 127 cm³/mol. The Bertz CT molecular complexity index is 880. The number of nitrogens with zero attached hydrogens (tertiary/aromatic N) is 1. The Labute approximate surface area is 191 Å². The van der Waals surface area contributed by atoms with E-state index in [1.54, 1.807) is 18.9 Å². The molecule has 0 spiro atoms. The van der Waals surface area contributed by atoms with Crippen LogP contribution in [0.1, 0.15) is 58.1 Å². The van der Waals surface area contributed by atoms with Gasteiger partial charge in [-0.3, -0.25) is 9.59 Å². The van der Waals surface area contributed by atoms with E-state index in [9.17, 15) is 9.59 Å². The first-order valence-electron chi connectivity index (χ1n) is 11.2. The molecule has 6 nitrogen and oxygen atoms in total. The van der Waals surface area contributed by atoms with Crippen molar-refractivity contribution in [2.75, 3.05) is 13.7 Å². The van der Waals surface area contributed by atoms with E-state index < -0.39 is 6.04 Å². The highest BCUT2D eigenvalue weighted by molar-refractivity contribution is 5.88. The number of rotatable bonds is 11. The summed E-state index contributed by atoms with van der Waals surface area (Å²) in [4.78, 5) is 27.5. The Balaban J connectivity index is 2.15. The zero-order valence-electron chi connectivity index (χ0n) is 20.1. The van der Waals surface area contributed by atoms with Gasteiger partial charge in [0, 0.05) is 12.6 Å². The number of amides is 2. The molecule has 0 heterocycles. The van der Waals surface area contributed by atoms with Crippen LogP contribution in [0.2, 0.25) is 0 Å². The molecule has 0 radical (unpaired) electrons. The third kappa shape index (κ3) is 7.29. The van der Waals surface area contributed by atoms with Gasteiger partial charge in [-0.25, -0.2) is 0 Å². The minimum absolute atomic E-state index is 0.0365. The second kappa shape index (κ2) is 12.1. The van der Waals surface area contributed by atoms with Crippen molar-refractivity contribution in [3.63, 3.8) is 0 Å². The summed E-state index contributed by atoms with van der Waals surface area (Å²) in [6.07, 6.45) is 0.817. The Kier molecular flexibility index (Phi) is 9.57. The number of ether oxygens (including phenoxy) is 2. The smallest absolute Gasteiger partial charge is 0.261 e. The van der Waals surface area contributed by atoms with Crippen LogP contribution in [0.4, 0.5) is 0 Å². The summed E-state index contributed by atoms with van der Waals surface area (Å²) >= 11 is 0. The van der Waals surface area contributed by atoms with E-state index >= 15 is 0 Å². The van der Waals surface area contributed by atoms with E-state index in [-0.39, 0.29) is 31.0 Å². The maximum atomic E-state index is 13.1. The highest BCUT2D eigenvalue weighted by atomic mass is 16.5. The molecule has 2 amide bonds. The summed E-state index contributed by atoms with van der Waals surface area (Å²) < 4.78 is 11.0.